The number of nitrogens with two attached hydrogens (primary N) is 1. The minimum Gasteiger partial charge on any atom is -0.381 e. The number of Topliss-reactive ketones (excluding diaryl/α,β-unsaturated/α-hetero) is 2. The Labute approximate surface area is 385 Å². The second kappa shape index (κ2) is 35.1. The second-order valence-corrected chi connectivity index (χ2v) is 20.3. The van der Waals surface area contributed by atoms with E-state index in [1.165, 1.54) is 192 Å². The van der Waals surface area contributed by atoms with Crippen LogP contribution < -0.4 is 5.73 Å². The average Bonchev–Trinajstić information content (AvgIpc) is 3.26. The van der Waals surface area contributed by atoms with E-state index in [2.05, 4.69) is 0 Å². The van der Waals surface area contributed by atoms with Crippen LogP contribution in [0.25, 0.3) is 10.8 Å². The summed E-state index contributed by atoms with van der Waals surface area (Å²) in [4.78, 5) is 27.9. The van der Waals surface area contributed by atoms with Crippen molar-refractivity contribution < 1.29 is 32.0 Å². The summed E-state index contributed by atoms with van der Waals surface area (Å²) in [6, 6.07) is 9.97. The summed E-state index contributed by atoms with van der Waals surface area (Å²) in [7, 11) is -4.52. The van der Waals surface area contributed by atoms with E-state index in [0.29, 0.717) is 36.6 Å². The molecule has 0 bridgehead atoms. The van der Waals surface area contributed by atoms with Crippen LogP contribution in [0.1, 0.15) is 243 Å². The first-order valence-corrected chi connectivity index (χ1v) is 27.7. The molecule has 0 saturated carbocycles. The summed E-state index contributed by atoms with van der Waals surface area (Å²) in [6.45, 7) is 3.39. The van der Waals surface area contributed by atoms with Crippen LogP contribution in [0.2, 0.25) is 0 Å². The molecule has 2 aromatic rings. The zero-order chi connectivity index (χ0) is 45.2. The zero-order valence-corrected chi connectivity index (χ0v) is 40.8. The summed E-state index contributed by atoms with van der Waals surface area (Å²) in [6.07, 6.45) is 41.5. The first-order chi connectivity index (χ1) is 30.7. The Morgan fingerprint density at radius 2 is 0.952 bits per heavy atom. The molecule has 0 radical (unpaired) electrons. The van der Waals surface area contributed by atoms with Gasteiger partial charge in [-0.15, -0.1) is 0 Å². The molecule has 3 atom stereocenters. The molecule has 1 saturated heterocycles. The van der Waals surface area contributed by atoms with Gasteiger partial charge in [-0.05, 0) is 49.1 Å². The monoisotopic (exact) mass is 898 g/mol. The Morgan fingerprint density at radius 1 is 0.540 bits per heavy atom. The van der Waals surface area contributed by atoms with Crippen molar-refractivity contribution in [1.29, 1.82) is 0 Å². The van der Waals surface area contributed by atoms with Gasteiger partial charge in [0.25, 0.3) is 10.1 Å². The number of ketones is 2. The number of hydrogen-bond donors (Lipinski definition) is 2. The van der Waals surface area contributed by atoms with Crippen LogP contribution in [-0.4, -0.2) is 56.5 Å². The maximum Gasteiger partial charge on any atom is 0.295 e. The van der Waals surface area contributed by atoms with Crippen molar-refractivity contribution >= 4 is 32.5 Å². The van der Waals surface area contributed by atoms with Gasteiger partial charge in [-0.3, -0.25) is 14.1 Å². The fourth-order valence-electron chi connectivity index (χ4n) is 9.50. The molecule has 0 aromatic heterocycles. The van der Waals surface area contributed by atoms with Crippen LogP contribution in [0.5, 0.6) is 0 Å². The fourth-order valence-corrected chi connectivity index (χ4v) is 10.2. The van der Waals surface area contributed by atoms with E-state index in [4.69, 9.17) is 15.2 Å². The Kier molecular flexibility index (Phi) is 30.7. The smallest absolute Gasteiger partial charge is 0.295 e. The van der Waals surface area contributed by atoms with Gasteiger partial charge < -0.3 is 15.2 Å². The quantitative estimate of drug-likeness (QED) is 0.230. The molecule has 360 valence electrons. The molecule has 63 heavy (non-hydrogen) atoms. The van der Waals surface area contributed by atoms with Crippen LogP contribution in [0.4, 0.5) is 0 Å². The first kappa shape index (κ1) is 55.2. The number of carbonyl (C=O) groups excluding carboxylic acids is 2. The highest BCUT2D eigenvalue weighted by molar-refractivity contribution is 7.86. The minimum absolute atomic E-state index is 0.0810. The predicted molar refractivity (Wildman–Crippen MR) is 262 cm³/mol. The Bertz CT molecular complexity index is 1600. The summed E-state index contributed by atoms with van der Waals surface area (Å²) >= 11 is 0. The van der Waals surface area contributed by atoms with Crippen molar-refractivity contribution in [1.82, 2.24) is 0 Å². The lowest BCUT2D eigenvalue weighted by Crippen LogP contribution is -2.28. The highest BCUT2D eigenvalue weighted by Gasteiger charge is 2.31. The number of hydrogen-bond acceptors (Lipinski definition) is 7. The van der Waals surface area contributed by atoms with Gasteiger partial charge in [0.2, 0.25) is 0 Å². The molecular formula is C54H91NO7S. The molecule has 1 fully saturated rings. The van der Waals surface area contributed by atoms with E-state index < -0.39 is 16.0 Å². The summed E-state index contributed by atoms with van der Waals surface area (Å²) < 4.78 is 46.6. The number of ether oxygens (including phenoxy) is 2. The zero-order valence-electron chi connectivity index (χ0n) is 39.9. The Morgan fingerprint density at radius 3 is 1.41 bits per heavy atom. The molecule has 3 unspecified atom stereocenters. The number of rotatable bonds is 3. The van der Waals surface area contributed by atoms with Crippen molar-refractivity contribution in [2.45, 2.75) is 255 Å². The largest absolute Gasteiger partial charge is 0.381 e. The lowest BCUT2D eigenvalue weighted by atomic mass is 9.84. The molecule has 0 aliphatic carbocycles. The third-order valence-corrected chi connectivity index (χ3v) is 14.4. The molecule has 1 aliphatic rings. The molecule has 3 rings (SSSR count). The minimum atomic E-state index is -4.52. The van der Waals surface area contributed by atoms with Crippen molar-refractivity contribution in [3.63, 3.8) is 0 Å². The van der Waals surface area contributed by atoms with E-state index >= 15 is 0 Å². The van der Waals surface area contributed by atoms with Crippen molar-refractivity contribution in [2.75, 3.05) is 19.8 Å². The highest BCUT2D eigenvalue weighted by atomic mass is 32.2. The lowest BCUT2D eigenvalue weighted by molar-refractivity contribution is -0.131. The van der Waals surface area contributed by atoms with E-state index in [1.807, 2.05) is 6.92 Å². The van der Waals surface area contributed by atoms with Gasteiger partial charge >= 0.3 is 0 Å². The van der Waals surface area contributed by atoms with Crippen LogP contribution in [-0.2, 0) is 29.2 Å². The Balaban J connectivity index is 1.50. The van der Waals surface area contributed by atoms with Crippen LogP contribution in [0, 0.1) is 0 Å². The summed E-state index contributed by atoms with van der Waals surface area (Å²) in [5.74, 6) is -1.57. The number of benzene rings is 2. The standard InChI is InChI=1S/C54H91NO7S/c1-2-47-45-52(57)54(50-39-33-38-49-48(50)37-34-40-53(49)63(58,59)60)51(56)41-44-61-42-31-27-23-19-15-11-7-3-5-9-13-17-21-25-29-35-46(55)36-30-26-22-18-14-10-6-4-8-12-16-20-24-28-32-43-62-47/h33-34,37-40,46-47,54H,2-32,35-36,41-45,55H2,1H3,(H,58,59,60). The summed E-state index contributed by atoms with van der Waals surface area (Å²) in [5, 5.41) is 0.751. The van der Waals surface area contributed by atoms with E-state index in [-0.39, 0.29) is 47.4 Å². The van der Waals surface area contributed by atoms with Crippen molar-refractivity contribution in [3.8, 4) is 0 Å². The molecule has 2 aromatic carbocycles. The van der Waals surface area contributed by atoms with Gasteiger partial charge in [-0.2, -0.15) is 8.42 Å². The molecule has 3 N–H and O–H groups in total. The highest BCUT2D eigenvalue weighted by Crippen LogP contribution is 2.33. The van der Waals surface area contributed by atoms with Gasteiger partial charge in [0, 0.05) is 37.5 Å². The molecule has 0 spiro atoms. The van der Waals surface area contributed by atoms with Crippen molar-refractivity contribution in [2.24, 2.45) is 5.73 Å². The normalized spacial score (nSPS) is 24.3. The van der Waals surface area contributed by atoms with Gasteiger partial charge in [-0.1, -0.05) is 217 Å². The maximum atomic E-state index is 14.2. The lowest BCUT2D eigenvalue weighted by Gasteiger charge is -2.21. The van der Waals surface area contributed by atoms with E-state index in [0.717, 1.165) is 25.7 Å². The second-order valence-electron chi connectivity index (χ2n) is 19.0. The van der Waals surface area contributed by atoms with Gasteiger partial charge in [0.05, 0.1) is 12.7 Å². The van der Waals surface area contributed by atoms with Crippen LogP contribution in [0.3, 0.4) is 0 Å². The van der Waals surface area contributed by atoms with Crippen LogP contribution in [0.15, 0.2) is 41.3 Å². The molecule has 8 nitrogen and oxygen atoms in total. The third-order valence-electron chi connectivity index (χ3n) is 13.5. The predicted octanol–water partition coefficient (Wildman–Crippen LogP) is 14.7. The first-order valence-electron chi connectivity index (χ1n) is 26.2. The maximum absolute atomic E-state index is 14.2. The fraction of sp³-hybridized carbons (Fsp3) is 0.778. The summed E-state index contributed by atoms with van der Waals surface area (Å²) in [5.41, 5.74) is 6.90. The molecule has 9 heteroatoms. The van der Waals surface area contributed by atoms with E-state index in [9.17, 15) is 22.6 Å². The molecule has 1 aliphatic heterocycles. The molecule has 0 amide bonds. The average molecular weight is 898 g/mol. The number of carbonyl (C=O) groups is 2. The van der Waals surface area contributed by atoms with Gasteiger partial charge in [-0.25, -0.2) is 0 Å². The molecule has 1 heterocycles. The molecular weight excluding hydrogens is 807 g/mol. The number of fused-ring (bicyclic) bond motifs is 1. The van der Waals surface area contributed by atoms with E-state index in [1.54, 1.807) is 24.3 Å². The van der Waals surface area contributed by atoms with Gasteiger partial charge in [0.15, 0.2) is 0 Å². The topological polar surface area (TPSA) is 133 Å². The van der Waals surface area contributed by atoms with Crippen molar-refractivity contribution in [3.05, 3.63) is 42.0 Å². The van der Waals surface area contributed by atoms with Gasteiger partial charge in [0.1, 0.15) is 22.4 Å². The SMILES string of the molecule is CCC1CC(=O)C(c2cccc3c(S(=O)(=O)O)cccc23)C(=O)CCOCCCCCCCCCCCCCCCCCC(N)CCCCCCCCCCCCCCCCCO1. The Hall–Kier alpha value is -2.17. The van der Waals surface area contributed by atoms with Crippen LogP contribution >= 0.6 is 0 Å². The third kappa shape index (κ3) is 24.8.